The molecule has 0 aliphatic rings. The van der Waals surface area contributed by atoms with Gasteiger partial charge in [-0.3, -0.25) is 0 Å². The number of aryl methyl sites for hydroxylation is 2. The Morgan fingerprint density at radius 3 is 2.53 bits per heavy atom. The van der Waals surface area contributed by atoms with E-state index in [-0.39, 0.29) is 30.3 Å². The number of phenolic OH excluding ortho intramolecular Hbond substituents is 1. The monoisotopic (exact) mass is 223 g/mol. The van der Waals surface area contributed by atoms with Crippen LogP contribution in [-0.2, 0) is 0 Å². The molecule has 0 saturated carbocycles. The van der Waals surface area contributed by atoms with Crippen LogP contribution in [0, 0.1) is 13.8 Å². The van der Waals surface area contributed by atoms with Gasteiger partial charge in [0.05, 0.1) is 11.7 Å². The van der Waals surface area contributed by atoms with Crippen LogP contribution in [0.25, 0.3) is 10.9 Å². The number of carbonyl (C=O) groups excluding carboxylic acids is 1. The van der Waals surface area contributed by atoms with Gasteiger partial charge in [0.1, 0.15) is 11.3 Å². The zero-order chi connectivity index (χ0) is 11.9. The predicted molar refractivity (Wildman–Crippen MR) is 57.2 cm³/mol. The number of aromatic hydroxyl groups is 1. The summed E-state index contributed by atoms with van der Waals surface area (Å²) in [7, 11) is 0. The van der Waals surface area contributed by atoms with Gasteiger partial charge in [-0.1, -0.05) is 12.1 Å². The van der Waals surface area contributed by atoms with E-state index in [0.717, 1.165) is 10.9 Å². The predicted octanol–water partition coefficient (Wildman–Crippen LogP) is -2.08. The third-order valence-corrected chi connectivity index (χ3v) is 2.56. The van der Waals surface area contributed by atoms with Crippen molar-refractivity contribution in [2.45, 2.75) is 13.8 Å². The van der Waals surface area contributed by atoms with E-state index in [1.165, 1.54) is 6.07 Å². The van der Waals surface area contributed by atoms with Gasteiger partial charge in [0, 0.05) is 5.39 Å². The average molecular weight is 223 g/mol. The first-order chi connectivity index (χ1) is 7.50. The van der Waals surface area contributed by atoms with Crippen LogP contribution in [-0.4, -0.2) is 16.1 Å². The molecule has 5 heteroatoms. The van der Waals surface area contributed by atoms with Gasteiger partial charge in [0.25, 0.3) is 0 Å². The molecule has 0 unspecified atom stereocenters. The maximum Gasteiger partial charge on any atom is 1.00 e. The van der Waals surface area contributed by atoms with Crippen molar-refractivity contribution in [1.82, 2.24) is 4.98 Å². The number of phenols is 1. The zero-order valence-corrected chi connectivity index (χ0v) is 9.94. The first-order valence-corrected chi connectivity index (χ1v) is 4.82. The molecule has 0 bridgehead atoms. The van der Waals surface area contributed by atoms with Crippen LogP contribution in [0.3, 0.4) is 0 Å². The van der Waals surface area contributed by atoms with Gasteiger partial charge in [-0.15, -0.1) is 0 Å². The SMILES string of the molecule is Cc1cc(C)c2ccc(C(=O)[O-])nc2c1O.[Li+]. The second-order valence-corrected chi connectivity index (χ2v) is 3.74. The van der Waals surface area contributed by atoms with Gasteiger partial charge in [0.15, 0.2) is 0 Å². The second kappa shape index (κ2) is 4.78. The minimum absolute atomic E-state index is 0. The third kappa shape index (κ3) is 2.28. The number of aromatic nitrogens is 1. The van der Waals surface area contributed by atoms with E-state index in [4.69, 9.17) is 0 Å². The fourth-order valence-electron chi connectivity index (χ4n) is 1.73. The summed E-state index contributed by atoms with van der Waals surface area (Å²) in [6, 6.07) is 4.83. The Balaban J connectivity index is 0.00000144. The van der Waals surface area contributed by atoms with Crippen LogP contribution in [0.5, 0.6) is 5.75 Å². The first-order valence-electron chi connectivity index (χ1n) is 4.82. The van der Waals surface area contributed by atoms with Gasteiger partial charge >= 0.3 is 18.9 Å². The summed E-state index contributed by atoms with van der Waals surface area (Å²) in [6.07, 6.45) is 0. The fourth-order valence-corrected chi connectivity index (χ4v) is 1.73. The number of pyridine rings is 1. The molecule has 0 amide bonds. The van der Waals surface area contributed by atoms with Gasteiger partial charge in [-0.05, 0) is 31.0 Å². The van der Waals surface area contributed by atoms with E-state index in [1.54, 1.807) is 13.0 Å². The van der Waals surface area contributed by atoms with Gasteiger partial charge in [0.2, 0.25) is 0 Å². The smallest absolute Gasteiger partial charge is 0.543 e. The van der Waals surface area contributed by atoms with E-state index >= 15 is 0 Å². The van der Waals surface area contributed by atoms with Crippen LogP contribution in [0.15, 0.2) is 18.2 Å². The number of carboxylic acids is 1. The molecule has 1 heterocycles. The van der Waals surface area contributed by atoms with Crippen molar-refractivity contribution >= 4 is 16.9 Å². The van der Waals surface area contributed by atoms with Crippen molar-refractivity contribution in [3.8, 4) is 5.75 Å². The second-order valence-electron chi connectivity index (χ2n) is 3.74. The quantitative estimate of drug-likeness (QED) is 0.563. The summed E-state index contributed by atoms with van der Waals surface area (Å²) in [4.78, 5) is 14.6. The van der Waals surface area contributed by atoms with Crippen molar-refractivity contribution < 1.29 is 33.9 Å². The number of carboxylic acid groups (broad SMARTS) is 1. The van der Waals surface area contributed by atoms with E-state index < -0.39 is 5.97 Å². The van der Waals surface area contributed by atoms with Gasteiger partial charge in [-0.2, -0.15) is 0 Å². The zero-order valence-electron chi connectivity index (χ0n) is 9.94. The summed E-state index contributed by atoms with van der Waals surface area (Å²) < 4.78 is 0. The summed E-state index contributed by atoms with van der Waals surface area (Å²) in [5.41, 5.74) is 1.75. The number of carbonyl (C=O) groups is 1. The number of benzene rings is 1. The molecule has 0 saturated heterocycles. The number of fused-ring (bicyclic) bond motifs is 1. The topological polar surface area (TPSA) is 73.2 Å². The molecule has 1 aromatic heterocycles. The Morgan fingerprint density at radius 1 is 1.29 bits per heavy atom. The molecule has 1 aromatic carbocycles. The molecule has 0 aliphatic carbocycles. The molecule has 2 rings (SSSR count). The molecular weight excluding hydrogens is 213 g/mol. The summed E-state index contributed by atoms with van der Waals surface area (Å²) in [5.74, 6) is -1.33. The molecule has 0 fully saturated rings. The number of aromatic carboxylic acids is 1. The van der Waals surface area contributed by atoms with E-state index in [1.807, 2.05) is 13.0 Å². The van der Waals surface area contributed by atoms with Crippen LogP contribution < -0.4 is 24.0 Å². The van der Waals surface area contributed by atoms with Crippen molar-refractivity contribution in [2.75, 3.05) is 0 Å². The van der Waals surface area contributed by atoms with Crippen molar-refractivity contribution in [3.63, 3.8) is 0 Å². The van der Waals surface area contributed by atoms with E-state index in [2.05, 4.69) is 4.98 Å². The number of rotatable bonds is 1. The molecule has 82 valence electrons. The molecule has 4 nitrogen and oxygen atoms in total. The van der Waals surface area contributed by atoms with Crippen LogP contribution in [0.2, 0.25) is 0 Å². The van der Waals surface area contributed by atoms with Crippen LogP contribution in [0.4, 0.5) is 0 Å². The molecule has 0 spiro atoms. The Labute approximate surface area is 110 Å². The number of nitrogens with zero attached hydrogens (tertiary/aromatic N) is 1. The molecule has 17 heavy (non-hydrogen) atoms. The van der Waals surface area contributed by atoms with Crippen molar-refractivity contribution in [2.24, 2.45) is 0 Å². The largest absolute Gasteiger partial charge is 1.00 e. The summed E-state index contributed by atoms with van der Waals surface area (Å²) in [5, 5.41) is 21.2. The molecule has 2 aromatic rings. The Bertz CT molecular complexity index is 596. The molecule has 0 radical (unpaired) electrons. The fraction of sp³-hybridized carbons (Fsp3) is 0.167. The maximum absolute atomic E-state index is 10.7. The summed E-state index contributed by atoms with van der Waals surface area (Å²) >= 11 is 0. The van der Waals surface area contributed by atoms with Crippen molar-refractivity contribution in [3.05, 3.63) is 35.0 Å². The van der Waals surface area contributed by atoms with Gasteiger partial charge in [-0.25, -0.2) is 4.98 Å². The minimum Gasteiger partial charge on any atom is -0.543 e. The Kier molecular flexibility index (Phi) is 3.82. The normalized spacial score (nSPS) is 10.0. The Morgan fingerprint density at radius 2 is 1.94 bits per heavy atom. The first kappa shape index (κ1) is 13.6. The maximum atomic E-state index is 10.7. The van der Waals surface area contributed by atoms with Crippen LogP contribution >= 0.6 is 0 Å². The molecule has 0 atom stereocenters. The van der Waals surface area contributed by atoms with Crippen molar-refractivity contribution in [1.29, 1.82) is 0 Å². The Hall–Kier alpha value is -1.50. The van der Waals surface area contributed by atoms with E-state index in [9.17, 15) is 15.0 Å². The minimum atomic E-state index is -1.35. The van der Waals surface area contributed by atoms with Gasteiger partial charge < -0.3 is 15.0 Å². The standard InChI is InChI=1S/C12H11NO3.Li/c1-6-5-7(2)11(14)10-8(6)3-4-9(13-10)12(15)16;/h3-5,14H,1-2H3,(H,15,16);/q;+1/p-1. The molecule has 1 N–H and O–H groups in total. The van der Waals surface area contributed by atoms with Crippen LogP contribution in [0.1, 0.15) is 21.6 Å². The van der Waals surface area contributed by atoms with E-state index in [0.29, 0.717) is 11.1 Å². The number of hydrogen-bond donors (Lipinski definition) is 1. The number of hydrogen-bond acceptors (Lipinski definition) is 4. The molecular formula is C12H10LiNO3. The third-order valence-electron chi connectivity index (χ3n) is 2.56. The molecule has 0 aliphatic heterocycles. The summed E-state index contributed by atoms with van der Waals surface area (Å²) in [6.45, 7) is 3.63. The average Bonchev–Trinajstić information content (AvgIpc) is 2.25.